The van der Waals surface area contributed by atoms with E-state index in [2.05, 4.69) is 20.4 Å². The standard InChI is InChI=1S/C32H33F2N7O6S/c1-32(2)17-40(48(46,47)21-12-19(33)11-20(34)13-21)16-24-27(32)37-38-29(24)36-30(43)23-14-26(41-9-5-6-25(41)31(44)45)18(10-22(23)28(35)42)15-39-7-3-4-8-39/h5-6,9-14H,3-4,7-8,15-17H2,1-2H3,(H2,35,42)(H,44,45)(H2,36,37,38,43). The molecule has 6 rings (SSSR count). The molecule has 2 aliphatic rings. The highest BCUT2D eigenvalue weighted by molar-refractivity contribution is 7.89. The van der Waals surface area contributed by atoms with Crippen LogP contribution in [0.4, 0.5) is 14.6 Å². The number of carbonyl (C=O) groups is 3. The number of sulfonamides is 1. The van der Waals surface area contributed by atoms with E-state index in [9.17, 15) is 36.7 Å². The molecule has 0 bridgehead atoms. The lowest BCUT2D eigenvalue weighted by Crippen LogP contribution is -2.45. The minimum atomic E-state index is -4.39. The summed E-state index contributed by atoms with van der Waals surface area (Å²) in [7, 11) is -4.39. The zero-order valence-electron chi connectivity index (χ0n) is 26.1. The highest BCUT2D eigenvalue weighted by Gasteiger charge is 2.41. The number of aromatic amines is 1. The number of hydrogen-bond donors (Lipinski definition) is 4. The van der Waals surface area contributed by atoms with Crippen molar-refractivity contribution in [2.75, 3.05) is 25.0 Å². The summed E-state index contributed by atoms with van der Waals surface area (Å²) < 4.78 is 57.5. The molecule has 1 saturated heterocycles. The SMILES string of the molecule is CC1(C)CN(S(=O)(=O)c2cc(F)cc(F)c2)Cc2c(NC(=O)c3cc(-n4cccc4C(=O)O)c(CN4CCCC4)cc3C(N)=O)n[nH]c21. The normalized spacial score (nSPS) is 16.5. The monoisotopic (exact) mass is 681 g/mol. The Morgan fingerprint density at radius 1 is 1.06 bits per heavy atom. The van der Waals surface area contributed by atoms with Crippen LogP contribution < -0.4 is 11.1 Å². The first-order chi connectivity index (χ1) is 22.7. The van der Waals surface area contributed by atoms with Crippen LogP contribution >= 0.6 is 0 Å². The van der Waals surface area contributed by atoms with Gasteiger partial charge in [0.15, 0.2) is 5.82 Å². The summed E-state index contributed by atoms with van der Waals surface area (Å²) >= 11 is 0. The van der Waals surface area contributed by atoms with E-state index in [1.54, 1.807) is 26.1 Å². The number of fused-ring (bicyclic) bond motifs is 1. The van der Waals surface area contributed by atoms with Crippen molar-refractivity contribution >= 4 is 33.6 Å². The van der Waals surface area contributed by atoms with E-state index >= 15 is 0 Å². The highest BCUT2D eigenvalue weighted by atomic mass is 32.2. The molecule has 2 amide bonds. The van der Waals surface area contributed by atoms with Crippen LogP contribution in [0.3, 0.4) is 0 Å². The number of aromatic carboxylic acids is 1. The maximum atomic E-state index is 14.0. The topological polar surface area (TPSA) is 184 Å². The largest absolute Gasteiger partial charge is 0.477 e. The molecule has 0 unspecified atom stereocenters. The van der Waals surface area contributed by atoms with Crippen LogP contribution in [0.15, 0.2) is 53.6 Å². The first-order valence-corrected chi connectivity index (χ1v) is 16.5. The number of benzene rings is 2. The van der Waals surface area contributed by atoms with Gasteiger partial charge in [-0.05, 0) is 67.9 Å². The Balaban J connectivity index is 1.39. The van der Waals surface area contributed by atoms with Crippen molar-refractivity contribution in [1.82, 2.24) is 24.0 Å². The van der Waals surface area contributed by atoms with Gasteiger partial charge in [0.1, 0.15) is 17.3 Å². The van der Waals surface area contributed by atoms with E-state index in [-0.39, 0.29) is 35.7 Å². The summed E-state index contributed by atoms with van der Waals surface area (Å²) in [5.74, 6) is -5.00. The Bertz CT molecular complexity index is 2050. The van der Waals surface area contributed by atoms with E-state index in [0.29, 0.717) is 35.1 Å². The number of carboxylic acids is 1. The number of halogens is 2. The van der Waals surface area contributed by atoms with Gasteiger partial charge >= 0.3 is 5.97 Å². The molecule has 5 N–H and O–H groups in total. The Kier molecular flexibility index (Phi) is 8.43. The number of anilines is 1. The summed E-state index contributed by atoms with van der Waals surface area (Å²) in [6.45, 7) is 5.15. The molecule has 48 heavy (non-hydrogen) atoms. The summed E-state index contributed by atoms with van der Waals surface area (Å²) in [5, 5.41) is 19.6. The predicted molar refractivity (Wildman–Crippen MR) is 169 cm³/mol. The number of H-pyrrole nitrogens is 1. The van der Waals surface area contributed by atoms with Crippen molar-refractivity contribution < 1.29 is 36.7 Å². The van der Waals surface area contributed by atoms with Crippen molar-refractivity contribution in [3.05, 3.63) is 93.9 Å². The molecule has 4 aromatic rings. The maximum absolute atomic E-state index is 14.0. The third kappa shape index (κ3) is 6.09. The maximum Gasteiger partial charge on any atom is 0.352 e. The van der Waals surface area contributed by atoms with E-state index in [1.165, 1.54) is 22.8 Å². The molecule has 0 radical (unpaired) electrons. The predicted octanol–water partition coefficient (Wildman–Crippen LogP) is 3.61. The van der Waals surface area contributed by atoms with Crippen LogP contribution in [0, 0.1) is 11.6 Å². The summed E-state index contributed by atoms with van der Waals surface area (Å²) in [5.41, 5.74) is 6.38. The number of hydrogen-bond acceptors (Lipinski definition) is 7. The molecule has 13 nitrogen and oxygen atoms in total. The van der Waals surface area contributed by atoms with Crippen LogP contribution in [-0.4, -0.2) is 74.9 Å². The summed E-state index contributed by atoms with van der Waals surface area (Å²) in [4.78, 5) is 40.3. The van der Waals surface area contributed by atoms with E-state index in [0.717, 1.165) is 42.4 Å². The van der Waals surface area contributed by atoms with Crippen LogP contribution in [-0.2, 0) is 28.5 Å². The van der Waals surface area contributed by atoms with Crippen molar-refractivity contribution in [1.29, 1.82) is 0 Å². The Labute approximate surface area is 274 Å². The van der Waals surface area contributed by atoms with Gasteiger partial charge in [-0.25, -0.2) is 22.0 Å². The number of likely N-dealkylation sites (tertiary alicyclic amines) is 1. The summed E-state index contributed by atoms with van der Waals surface area (Å²) in [6, 6.07) is 7.91. The molecule has 16 heteroatoms. The smallest absolute Gasteiger partial charge is 0.352 e. The first-order valence-electron chi connectivity index (χ1n) is 15.1. The Morgan fingerprint density at radius 2 is 1.75 bits per heavy atom. The zero-order valence-corrected chi connectivity index (χ0v) is 26.9. The highest BCUT2D eigenvalue weighted by Crippen LogP contribution is 2.38. The van der Waals surface area contributed by atoms with E-state index < -0.39 is 49.8 Å². The van der Waals surface area contributed by atoms with Crippen LogP contribution in [0.25, 0.3) is 5.69 Å². The molecule has 1 fully saturated rings. The Hall–Kier alpha value is -4.93. The number of aromatic nitrogens is 3. The number of carboxylic acid groups (broad SMARTS) is 1. The lowest BCUT2D eigenvalue weighted by molar-refractivity contribution is 0.0687. The fourth-order valence-corrected chi connectivity index (χ4v) is 8.04. The fraction of sp³-hybridized carbons (Fsp3) is 0.312. The van der Waals surface area contributed by atoms with Crippen LogP contribution in [0.2, 0.25) is 0 Å². The molecule has 0 aliphatic carbocycles. The van der Waals surface area contributed by atoms with Crippen molar-refractivity contribution in [3.63, 3.8) is 0 Å². The molecule has 252 valence electrons. The third-order valence-corrected chi connectivity index (χ3v) is 10.5. The zero-order chi connectivity index (χ0) is 34.5. The second-order valence-electron chi connectivity index (χ2n) is 12.6. The van der Waals surface area contributed by atoms with Crippen molar-refractivity contribution in [2.45, 2.75) is 50.1 Å². The average Bonchev–Trinajstić information content (AvgIpc) is 3.78. The quantitative estimate of drug-likeness (QED) is 0.207. The molecule has 2 aromatic carbocycles. The first kappa shape index (κ1) is 33.0. The van der Waals surface area contributed by atoms with E-state index in [4.69, 9.17) is 5.73 Å². The van der Waals surface area contributed by atoms with Gasteiger partial charge in [-0.3, -0.25) is 19.6 Å². The van der Waals surface area contributed by atoms with Gasteiger partial charge in [-0.2, -0.15) is 9.40 Å². The number of nitrogens with zero attached hydrogens (tertiary/aromatic N) is 4. The Morgan fingerprint density at radius 3 is 2.40 bits per heavy atom. The van der Waals surface area contributed by atoms with Gasteiger partial charge in [-0.1, -0.05) is 13.8 Å². The summed E-state index contributed by atoms with van der Waals surface area (Å²) in [6.07, 6.45) is 3.53. The number of primary amides is 1. The van der Waals surface area contributed by atoms with Gasteiger partial charge in [0.05, 0.1) is 21.7 Å². The second-order valence-corrected chi connectivity index (χ2v) is 14.5. The number of nitrogens with one attached hydrogen (secondary N) is 2. The van der Waals surface area contributed by atoms with Gasteiger partial charge < -0.3 is 20.7 Å². The number of rotatable bonds is 9. The van der Waals surface area contributed by atoms with Gasteiger partial charge in [0.25, 0.3) is 5.91 Å². The van der Waals surface area contributed by atoms with Crippen molar-refractivity contribution in [3.8, 4) is 5.69 Å². The van der Waals surface area contributed by atoms with Gasteiger partial charge in [-0.15, -0.1) is 0 Å². The third-order valence-electron chi connectivity index (χ3n) is 8.70. The lowest BCUT2D eigenvalue weighted by atomic mass is 9.84. The number of carbonyl (C=O) groups excluding carboxylic acids is 2. The second kappa shape index (κ2) is 12.3. The average molecular weight is 682 g/mol. The minimum absolute atomic E-state index is 0.0290. The molecular formula is C32H33F2N7O6S. The molecule has 0 atom stereocenters. The van der Waals surface area contributed by atoms with Gasteiger partial charge in [0.2, 0.25) is 15.9 Å². The van der Waals surface area contributed by atoms with E-state index in [1.807, 2.05) is 0 Å². The van der Waals surface area contributed by atoms with Crippen LogP contribution in [0.5, 0.6) is 0 Å². The molecular weight excluding hydrogens is 648 g/mol. The molecule has 2 aromatic heterocycles. The van der Waals surface area contributed by atoms with Crippen molar-refractivity contribution in [2.24, 2.45) is 5.73 Å². The molecule has 0 saturated carbocycles. The number of amides is 2. The lowest BCUT2D eigenvalue weighted by Gasteiger charge is -2.36. The van der Waals surface area contributed by atoms with Gasteiger partial charge in [0, 0.05) is 48.6 Å². The minimum Gasteiger partial charge on any atom is -0.477 e. The molecule has 0 spiro atoms. The fourth-order valence-electron chi connectivity index (χ4n) is 6.43. The molecule has 4 heterocycles. The molecule has 2 aliphatic heterocycles. The number of nitrogens with two attached hydrogens (primary N) is 1. The van der Waals surface area contributed by atoms with Crippen LogP contribution in [0.1, 0.15) is 74.7 Å².